The molecule has 2 aromatic heterocycles. The van der Waals surface area contributed by atoms with Crippen molar-refractivity contribution in [3.63, 3.8) is 0 Å². The second-order valence-electron chi connectivity index (χ2n) is 6.80. The molecule has 1 amide bonds. The normalized spacial score (nSPS) is 11.0. The van der Waals surface area contributed by atoms with Gasteiger partial charge < -0.3 is 19.6 Å². The van der Waals surface area contributed by atoms with Crippen LogP contribution < -0.4 is 10.1 Å². The van der Waals surface area contributed by atoms with Crippen LogP contribution >= 0.6 is 12.0 Å². The summed E-state index contributed by atoms with van der Waals surface area (Å²) in [5, 5.41) is 12.6. The molecule has 9 heteroatoms. The molecule has 32 heavy (non-hydrogen) atoms. The monoisotopic (exact) mass is 452 g/mol. The van der Waals surface area contributed by atoms with E-state index in [1.165, 1.54) is 13.3 Å². The van der Waals surface area contributed by atoms with Crippen LogP contribution in [-0.2, 0) is 15.8 Å². The van der Waals surface area contributed by atoms with Gasteiger partial charge in [0.25, 0.3) is 5.91 Å². The second kappa shape index (κ2) is 9.84. The van der Waals surface area contributed by atoms with Crippen LogP contribution in [0.5, 0.6) is 11.5 Å². The largest absolute Gasteiger partial charge is 0.461 e. The third-order valence-corrected chi connectivity index (χ3v) is 5.15. The number of amides is 1. The fourth-order valence-electron chi connectivity index (χ4n) is 2.99. The smallest absolute Gasteiger partial charge is 0.257 e. The number of aliphatic hydroxyl groups excluding tert-OH is 1. The molecule has 0 bridgehead atoms. The molecule has 164 valence electrons. The van der Waals surface area contributed by atoms with Gasteiger partial charge in [-0.1, -0.05) is 6.07 Å². The second-order valence-corrected chi connectivity index (χ2v) is 7.57. The first-order valence-corrected chi connectivity index (χ1v) is 10.4. The predicted octanol–water partition coefficient (Wildman–Crippen LogP) is 5.26. The molecule has 0 aliphatic carbocycles. The van der Waals surface area contributed by atoms with Crippen LogP contribution in [0.2, 0.25) is 0 Å². The van der Waals surface area contributed by atoms with Gasteiger partial charge in [-0.2, -0.15) is 4.33 Å². The van der Waals surface area contributed by atoms with Crippen LogP contribution in [0.25, 0.3) is 11.0 Å². The van der Waals surface area contributed by atoms with Gasteiger partial charge in [-0.15, -0.1) is 0 Å². The highest BCUT2D eigenvalue weighted by molar-refractivity contribution is 7.94. The predicted molar refractivity (Wildman–Crippen MR) is 120 cm³/mol. The number of nitrogens with zero attached hydrogens (tertiary/aromatic N) is 1. The Balaban J connectivity index is 1.59. The van der Waals surface area contributed by atoms with Gasteiger partial charge in [0.2, 0.25) is 0 Å². The highest BCUT2D eigenvalue weighted by atomic mass is 32.2. The maximum atomic E-state index is 12.8. The van der Waals surface area contributed by atoms with Crippen molar-refractivity contribution in [1.29, 1.82) is 0 Å². The fraction of sp³-hybridized carbons (Fsp3) is 0.130. The number of rotatable bonds is 8. The Morgan fingerprint density at radius 1 is 1.16 bits per heavy atom. The Morgan fingerprint density at radius 3 is 2.66 bits per heavy atom. The highest BCUT2D eigenvalue weighted by Gasteiger charge is 2.16. The summed E-state index contributed by atoms with van der Waals surface area (Å²) in [6.45, 7) is 1.72. The molecule has 0 unspecified atom stereocenters. The molecule has 0 aliphatic heterocycles. The van der Waals surface area contributed by atoms with Crippen LogP contribution in [-0.4, -0.2) is 23.1 Å². The van der Waals surface area contributed by atoms with E-state index < -0.39 is 0 Å². The summed E-state index contributed by atoms with van der Waals surface area (Å²) in [7, 11) is 1.44. The zero-order chi connectivity index (χ0) is 22.5. The van der Waals surface area contributed by atoms with Crippen molar-refractivity contribution in [2.24, 2.45) is 0 Å². The summed E-state index contributed by atoms with van der Waals surface area (Å²) in [6, 6.07) is 15.7. The first kappa shape index (κ1) is 21.8. The SMILES string of the molecule is COOSc1ccc(Oc2cc(C(=O)Nc3ccc(CO)cn3)cc3oc(C)cc23)cc1. The highest BCUT2D eigenvalue weighted by Crippen LogP contribution is 2.34. The minimum Gasteiger partial charge on any atom is -0.461 e. The molecule has 4 rings (SSSR count). The lowest BCUT2D eigenvalue weighted by molar-refractivity contribution is -0.160. The molecule has 0 aliphatic rings. The van der Waals surface area contributed by atoms with Gasteiger partial charge in [0, 0.05) is 16.7 Å². The Hall–Kier alpha value is -3.37. The molecule has 0 saturated heterocycles. The zero-order valence-corrected chi connectivity index (χ0v) is 18.1. The maximum absolute atomic E-state index is 12.8. The van der Waals surface area contributed by atoms with Gasteiger partial charge in [-0.25, -0.2) is 9.87 Å². The number of hydrogen-bond acceptors (Lipinski definition) is 8. The number of aryl methyl sites for hydroxylation is 1. The molecule has 0 spiro atoms. The van der Waals surface area contributed by atoms with Crippen molar-refractivity contribution in [3.8, 4) is 11.5 Å². The standard InChI is InChI=1S/C23H20N2O6S/c1-14-9-19-20(29-14)10-16(23(27)25-22-8-3-15(13-26)12-24-22)11-21(19)30-17-4-6-18(7-5-17)32-31-28-2/h3-12,26H,13H2,1-2H3,(H,24,25,27). The number of hydrogen-bond donors (Lipinski definition) is 2. The fourth-order valence-corrected chi connectivity index (χ4v) is 3.39. The molecule has 4 aromatic rings. The summed E-state index contributed by atoms with van der Waals surface area (Å²) < 4.78 is 16.7. The molecule has 0 fully saturated rings. The quantitative estimate of drug-likeness (QED) is 0.212. The number of carbonyl (C=O) groups excluding carboxylic acids is 1. The van der Waals surface area contributed by atoms with Crippen molar-refractivity contribution in [2.45, 2.75) is 18.4 Å². The molecular formula is C23H20N2O6S. The first-order valence-electron chi connectivity index (χ1n) is 9.62. The first-order chi connectivity index (χ1) is 15.6. The third kappa shape index (κ3) is 5.09. The Morgan fingerprint density at radius 2 is 1.97 bits per heavy atom. The molecule has 0 atom stereocenters. The number of carbonyl (C=O) groups is 1. The van der Waals surface area contributed by atoms with Gasteiger partial charge in [0.05, 0.1) is 31.1 Å². The van der Waals surface area contributed by atoms with E-state index in [2.05, 4.69) is 15.2 Å². The van der Waals surface area contributed by atoms with Crippen LogP contribution in [0, 0.1) is 6.92 Å². The van der Waals surface area contributed by atoms with Crippen LogP contribution in [0.3, 0.4) is 0 Å². The van der Waals surface area contributed by atoms with E-state index >= 15 is 0 Å². The van der Waals surface area contributed by atoms with Gasteiger partial charge in [0.1, 0.15) is 28.7 Å². The van der Waals surface area contributed by atoms with E-state index in [4.69, 9.17) is 18.6 Å². The molecule has 0 saturated carbocycles. The number of ether oxygens (including phenoxy) is 1. The summed E-state index contributed by atoms with van der Waals surface area (Å²) in [4.78, 5) is 22.4. The number of aliphatic hydroxyl groups is 1. The van der Waals surface area contributed by atoms with E-state index in [0.29, 0.717) is 39.8 Å². The summed E-state index contributed by atoms with van der Waals surface area (Å²) in [6.07, 6.45) is 1.50. The Bertz CT molecular complexity index is 1220. The molecular weight excluding hydrogens is 432 g/mol. The number of furan rings is 1. The Kier molecular flexibility index (Phi) is 6.72. The number of nitrogens with one attached hydrogen (secondary N) is 1. The Labute approximate surface area is 188 Å². The van der Waals surface area contributed by atoms with Crippen molar-refractivity contribution >= 4 is 34.7 Å². The lowest BCUT2D eigenvalue weighted by Crippen LogP contribution is -2.13. The lowest BCUT2D eigenvalue weighted by atomic mass is 10.1. The van der Waals surface area contributed by atoms with Gasteiger partial charge in [0.15, 0.2) is 0 Å². The van der Waals surface area contributed by atoms with Crippen LogP contribution in [0.15, 0.2) is 70.1 Å². The van der Waals surface area contributed by atoms with Crippen molar-refractivity contribution < 1.29 is 28.3 Å². The van der Waals surface area contributed by atoms with Crippen LogP contribution in [0.1, 0.15) is 21.7 Å². The number of fused-ring (bicyclic) bond motifs is 1. The van der Waals surface area contributed by atoms with Crippen molar-refractivity contribution in [2.75, 3.05) is 12.4 Å². The van der Waals surface area contributed by atoms with Crippen molar-refractivity contribution in [3.05, 3.63) is 77.7 Å². The summed E-state index contributed by atoms with van der Waals surface area (Å²) in [5.41, 5.74) is 1.55. The van der Waals surface area contributed by atoms with E-state index in [1.807, 2.05) is 25.1 Å². The maximum Gasteiger partial charge on any atom is 0.257 e. The molecule has 2 heterocycles. The van der Waals surface area contributed by atoms with E-state index in [1.54, 1.807) is 36.4 Å². The minimum absolute atomic E-state index is 0.116. The number of benzene rings is 2. The molecule has 2 aromatic carbocycles. The molecule has 0 radical (unpaired) electrons. The van der Waals surface area contributed by atoms with Gasteiger partial charge in [-0.05, 0) is 61.0 Å². The summed E-state index contributed by atoms with van der Waals surface area (Å²) in [5.74, 6) is 1.79. The van der Waals surface area contributed by atoms with Gasteiger partial charge >= 0.3 is 0 Å². The molecule has 2 N–H and O–H groups in total. The van der Waals surface area contributed by atoms with Crippen LogP contribution in [0.4, 0.5) is 5.82 Å². The van der Waals surface area contributed by atoms with E-state index in [9.17, 15) is 4.79 Å². The van der Waals surface area contributed by atoms with E-state index in [0.717, 1.165) is 22.3 Å². The van der Waals surface area contributed by atoms with Gasteiger partial charge in [-0.3, -0.25) is 4.79 Å². The molecule has 8 nitrogen and oxygen atoms in total. The van der Waals surface area contributed by atoms with E-state index in [-0.39, 0.29) is 12.5 Å². The summed E-state index contributed by atoms with van der Waals surface area (Å²) >= 11 is 1.09. The number of anilines is 1. The average molecular weight is 452 g/mol. The zero-order valence-electron chi connectivity index (χ0n) is 17.3. The number of aromatic nitrogens is 1. The minimum atomic E-state index is -0.362. The number of pyridine rings is 1. The average Bonchev–Trinajstić information content (AvgIpc) is 3.19. The third-order valence-electron chi connectivity index (χ3n) is 4.48. The topological polar surface area (TPSA) is 103 Å². The van der Waals surface area contributed by atoms with Crippen molar-refractivity contribution in [1.82, 2.24) is 4.98 Å². The lowest BCUT2D eigenvalue weighted by Gasteiger charge is -2.10.